The van der Waals surface area contributed by atoms with Gasteiger partial charge in [-0.1, -0.05) is 53.7 Å². The minimum absolute atomic E-state index is 0.00689. The predicted molar refractivity (Wildman–Crippen MR) is 108 cm³/mol. The Kier molecular flexibility index (Phi) is 5.26. The van der Waals surface area contributed by atoms with Crippen molar-refractivity contribution in [3.8, 4) is 0 Å². The van der Waals surface area contributed by atoms with Crippen molar-refractivity contribution in [2.24, 2.45) is 0 Å². The second kappa shape index (κ2) is 8.00. The van der Waals surface area contributed by atoms with E-state index in [2.05, 4.69) is 10.3 Å². The quantitative estimate of drug-likeness (QED) is 0.648. The van der Waals surface area contributed by atoms with E-state index in [-0.39, 0.29) is 30.1 Å². The average Bonchev–Trinajstić information content (AvgIpc) is 3.16. The molecule has 7 nitrogen and oxygen atoms in total. The lowest BCUT2D eigenvalue weighted by molar-refractivity contribution is -0.119. The molecule has 1 fully saturated rings. The van der Waals surface area contributed by atoms with E-state index in [0.29, 0.717) is 17.9 Å². The van der Waals surface area contributed by atoms with Crippen molar-refractivity contribution in [2.45, 2.75) is 24.3 Å². The van der Waals surface area contributed by atoms with Crippen LogP contribution in [0, 0.1) is 0 Å². The number of benzene rings is 2. The Morgan fingerprint density at radius 2 is 1.69 bits per heavy atom. The van der Waals surface area contributed by atoms with E-state index in [0.717, 1.165) is 5.56 Å². The van der Waals surface area contributed by atoms with Gasteiger partial charge in [0.05, 0.1) is 17.6 Å². The number of carbonyl (C=O) groups is 1. The molecule has 148 valence electrons. The molecular formula is C21H20N4O3S. The second-order valence-corrected chi connectivity index (χ2v) is 8.68. The molecule has 0 N–H and O–H groups in total. The molecule has 0 aliphatic carbocycles. The van der Waals surface area contributed by atoms with Crippen molar-refractivity contribution in [3.05, 3.63) is 83.8 Å². The van der Waals surface area contributed by atoms with Gasteiger partial charge in [-0.3, -0.25) is 9.10 Å². The van der Waals surface area contributed by atoms with E-state index >= 15 is 0 Å². The summed E-state index contributed by atoms with van der Waals surface area (Å²) in [5.74, 6) is 0.00689. The summed E-state index contributed by atoms with van der Waals surface area (Å²) in [6.07, 6.45) is 3.63. The topological polar surface area (TPSA) is 85.2 Å². The molecular weight excluding hydrogens is 388 g/mol. The van der Waals surface area contributed by atoms with E-state index < -0.39 is 10.0 Å². The molecule has 0 unspecified atom stereocenters. The van der Waals surface area contributed by atoms with E-state index in [4.69, 9.17) is 0 Å². The van der Waals surface area contributed by atoms with Crippen LogP contribution in [0.1, 0.15) is 24.1 Å². The number of carbonyl (C=O) groups excluding carboxylic acids is 1. The molecule has 3 aromatic rings. The van der Waals surface area contributed by atoms with Gasteiger partial charge in [-0.05, 0) is 23.8 Å². The van der Waals surface area contributed by atoms with Gasteiger partial charge in [0.1, 0.15) is 11.5 Å². The molecule has 2 aromatic carbocycles. The third kappa shape index (κ3) is 4.27. The fourth-order valence-corrected chi connectivity index (χ4v) is 4.78. The van der Waals surface area contributed by atoms with Crippen molar-refractivity contribution in [3.63, 3.8) is 0 Å². The number of rotatable bonds is 5. The smallest absolute Gasteiger partial charge is 0.264 e. The highest BCUT2D eigenvalue weighted by molar-refractivity contribution is 7.89. The van der Waals surface area contributed by atoms with Crippen LogP contribution >= 0.6 is 0 Å². The first kappa shape index (κ1) is 19.1. The highest BCUT2D eigenvalue weighted by Crippen LogP contribution is 2.27. The fraction of sp³-hybridized carbons (Fsp3) is 0.190. The molecule has 0 saturated carbocycles. The summed E-state index contributed by atoms with van der Waals surface area (Å²) >= 11 is 0. The highest BCUT2D eigenvalue weighted by Gasteiger charge is 2.31. The van der Waals surface area contributed by atoms with Crippen LogP contribution in [0.25, 0.3) is 6.08 Å². The summed E-state index contributed by atoms with van der Waals surface area (Å²) < 4.78 is 29.1. The second-order valence-electron chi connectivity index (χ2n) is 6.82. The summed E-state index contributed by atoms with van der Waals surface area (Å²) in [5.41, 5.74) is 2.01. The standard InChI is InChI=1S/C21H20N4O3S/c26-20-11-12-25(29(27,28)21-9-5-2-6-10-21)19(14-20)13-18-16-24(23-22-18)15-17-7-3-1-4-8-17/h1-10,13,16H,11-12,14-15H2. The van der Waals surface area contributed by atoms with E-state index in [9.17, 15) is 13.2 Å². The Morgan fingerprint density at radius 1 is 1.00 bits per heavy atom. The summed E-state index contributed by atoms with van der Waals surface area (Å²) in [5, 5.41) is 8.24. The zero-order valence-electron chi connectivity index (χ0n) is 15.7. The summed E-state index contributed by atoms with van der Waals surface area (Å²) in [6.45, 7) is 0.683. The van der Waals surface area contributed by atoms with Crippen LogP contribution < -0.4 is 0 Å². The van der Waals surface area contributed by atoms with Crippen molar-refractivity contribution < 1.29 is 13.2 Å². The molecule has 1 aromatic heterocycles. The molecule has 0 radical (unpaired) electrons. The van der Waals surface area contributed by atoms with Gasteiger partial charge in [0.2, 0.25) is 0 Å². The van der Waals surface area contributed by atoms with Gasteiger partial charge in [-0.15, -0.1) is 5.10 Å². The number of piperidine rings is 1. The van der Waals surface area contributed by atoms with Crippen molar-refractivity contribution in [1.82, 2.24) is 19.3 Å². The van der Waals surface area contributed by atoms with E-state index in [1.165, 1.54) is 4.31 Å². The lowest BCUT2D eigenvalue weighted by Gasteiger charge is -2.30. The molecule has 0 atom stereocenters. The van der Waals surface area contributed by atoms with Gasteiger partial charge in [-0.25, -0.2) is 13.1 Å². The van der Waals surface area contributed by atoms with Crippen LogP contribution in [0.3, 0.4) is 0 Å². The highest BCUT2D eigenvalue weighted by atomic mass is 32.2. The Bertz CT molecular complexity index is 1140. The van der Waals surface area contributed by atoms with Gasteiger partial charge in [-0.2, -0.15) is 0 Å². The third-order valence-electron chi connectivity index (χ3n) is 4.68. The van der Waals surface area contributed by atoms with Crippen molar-refractivity contribution >= 4 is 21.9 Å². The Hall–Kier alpha value is -3.26. The summed E-state index contributed by atoms with van der Waals surface area (Å²) in [7, 11) is -3.74. The Balaban J connectivity index is 1.62. The zero-order chi connectivity index (χ0) is 20.3. The van der Waals surface area contributed by atoms with Crippen LogP contribution in [0.5, 0.6) is 0 Å². The molecule has 1 saturated heterocycles. The van der Waals surface area contributed by atoms with Crippen molar-refractivity contribution in [2.75, 3.05) is 6.54 Å². The maximum Gasteiger partial charge on any atom is 0.264 e. The number of hydrogen-bond acceptors (Lipinski definition) is 5. The maximum absolute atomic E-state index is 13.1. The third-order valence-corrected chi connectivity index (χ3v) is 6.55. The Morgan fingerprint density at radius 3 is 2.41 bits per heavy atom. The Labute approximate surface area is 169 Å². The molecule has 1 aliphatic heterocycles. The minimum Gasteiger partial charge on any atom is -0.299 e. The minimum atomic E-state index is -3.74. The molecule has 8 heteroatoms. The first-order valence-corrected chi connectivity index (χ1v) is 10.7. The lowest BCUT2D eigenvalue weighted by Crippen LogP contribution is -2.37. The normalized spacial score (nSPS) is 16.3. The number of sulfonamides is 1. The molecule has 4 rings (SSSR count). The number of allylic oxidation sites excluding steroid dienone is 1. The van der Waals surface area contributed by atoms with Crippen molar-refractivity contribution in [1.29, 1.82) is 0 Å². The average molecular weight is 408 g/mol. The summed E-state index contributed by atoms with van der Waals surface area (Å²) in [6, 6.07) is 18.1. The van der Waals surface area contributed by atoms with Crippen LogP contribution in [-0.2, 0) is 21.4 Å². The van der Waals surface area contributed by atoms with Crippen LogP contribution in [0.4, 0.5) is 0 Å². The molecule has 0 bridgehead atoms. The largest absolute Gasteiger partial charge is 0.299 e. The van der Waals surface area contributed by atoms with Crippen LogP contribution in [0.15, 0.2) is 77.5 Å². The van der Waals surface area contributed by atoms with Crippen LogP contribution in [0.2, 0.25) is 0 Å². The molecule has 1 aliphatic rings. The predicted octanol–water partition coefficient (Wildman–Crippen LogP) is 2.72. The monoisotopic (exact) mass is 408 g/mol. The first-order valence-electron chi connectivity index (χ1n) is 9.26. The van der Waals surface area contributed by atoms with Gasteiger partial charge in [0.25, 0.3) is 10.0 Å². The van der Waals surface area contributed by atoms with Gasteiger partial charge in [0, 0.05) is 25.1 Å². The molecule has 29 heavy (non-hydrogen) atoms. The van der Waals surface area contributed by atoms with E-state index in [1.54, 1.807) is 47.3 Å². The fourth-order valence-electron chi connectivity index (χ4n) is 3.26. The molecule has 2 heterocycles. The summed E-state index contributed by atoms with van der Waals surface area (Å²) in [4.78, 5) is 12.2. The number of Topliss-reactive ketones (excluding diaryl/α,β-unsaturated/α-hetero) is 1. The first-order chi connectivity index (χ1) is 14.0. The van der Waals surface area contributed by atoms with Gasteiger partial charge in [0.15, 0.2) is 0 Å². The number of ketones is 1. The molecule has 0 amide bonds. The van der Waals surface area contributed by atoms with E-state index in [1.807, 2.05) is 30.3 Å². The SMILES string of the molecule is O=C1CCN(S(=O)(=O)c2ccccc2)C(=Cc2cn(Cc3ccccc3)nn2)C1. The van der Waals surface area contributed by atoms with Crippen LogP contribution in [-0.4, -0.2) is 40.0 Å². The zero-order valence-corrected chi connectivity index (χ0v) is 16.5. The van der Waals surface area contributed by atoms with Gasteiger partial charge >= 0.3 is 0 Å². The van der Waals surface area contributed by atoms with Gasteiger partial charge < -0.3 is 0 Å². The molecule has 0 spiro atoms. The number of hydrogen-bond donors (Lipinski definition) is 0. The number of nitrogens with zero attached hydrogens (tertiary/aromatic N) is 4. The maximum atomic E-state index is 13.1. The lowest BCUT2D eigenvalue weighted by atomic mass is 10.1. The number of aromatic nitrogens is 3.